The van der Waals surface area contributed by atoms with Crippen LogP contribution in [0.2, 0.25) is 0 Å². The van der Waals surface area contributed by atoms with E-state index in [0.29, 0.717) is 0 Å². The molecule has 0 saturated carbocycles. The second kappa shape index (κ2) is 15.9. The third-order valence-corrected chi connectivity index (χ3v) is 1.91. The second-order valence-electron chi connectivity index (χ2n) is 2.91. The monoisotopic (exact) mass is 355 g/mol. The summed E-state index contributed by atoms with van der Waals surface area (Å²) in [7, 11) is 0. The van der Waals surface area contributed by atoms with Crippen LogP contribution in [0.25, 0.3) is 0 Å². The average Bonchev–Trinajstić information content (AvgIpc) is 2.67. The average molecular weight is 357 g/mol. The molecule has 0 aromatic carbocycles. The summed E-state index contributed by atoms with van der Waals surface area (Å²) in [6.45, 7) is 5.00. The van der Waals surface area contributed by atoms with Crippen molar-refractivity contribution in [1.82, 2.24) is 10.6 Å². The Morgan fingerprint density at radius 1 is 0.538 bits per heavy atom. The molecule has 0 aromatic rings. The van der Waals surface area contributed by atoms with Gasteiger partial charge in [0.1, 0.15) is 0 Å². The van der Waals surface area contributed by atoms with Gasteiger partial charge in [-0.25, -0.2) is 0 Å². The molecule has 1 radical (unpaired) electrons. The summed E-state index contributed by atoms with van der Waals surface area (Å²) in [5.74, 6) is 0. The van der Waals surface area contributed by atoms with E-state index in [9.17, 15) is 0 Å². The van der Waals surface area contributed by atoms with Crippen LogP contribution in [0.1, 0.15) is 25.7 Å². The summed E-state index contributed by atoms with van der Waals surface area (Å²) in [5.41, 5.74) is 0. The van der Waals surface area contributed by atoms with Crippen molar-refractivity contribution in [3.05, 3.63) is 0 Å². The predicted molar refractivity (Wildman–Crippen MR) is 44.2 cm³/mol. The Morgan fingerprint density at radius 3 is 0.846 bits per heavy atom. The van der Waals surface area contributed by atoms with Crippen molar-refractivity contribution >= 4 is 0 Å². The van der Waals surface area contributed by atoms with Crippen molar-refractivity contribution in [2.45, 2.75) is 25.7 Å². The van der Waals surface area contributed by atoms with Gasteiger partial charge in [-0.1, -0.05) is 0 Å². The van der Waals surface area contributed by atoms with Gasteiger partial charge in [0.2, 0.25) is 0 Å². The normalized spacial score (nSPS) is 18.5. The van der Waals surface area contributed by atoms with Crippen LogP contribution in [0.15, 0.2) is 0 Å². The zero-order valence-corrected chi connectivity index (χ0v) is 12.1. The fourth-order valence-corrected chi connectivity index (χ4v) is 1.25. The van der Waals surface area contributed by atoms with Gasteiger partial charge in [-0.15, -0.1) is 0 Å². The molecule has 2 aliphatic heterocycles. The predicted octanol–water partition coefficient (Wildman–Crippen LogP) is -5.25. The van der Waals surface area contributed by atoms with Gasteiger partial charge in [0, 0.05) is 0 Å². The maximum absolute atomic E-state index is 3.22. The van der Waals surface area contributed by atoms with Crippen LogP contribution in [0, 0.1) is 0 Å². The van der Waals surface area contributed by atoms with Crippen LogP contribution in [0.3, 0.4) is 0 Å². The zero-order chi connectivity index (χ0) is 7.07. The molecule has 0 amide bonds. The van der Waals surface area contributed by atoms with Crippen molar-refractivity contribution in [2.75, 3.05) is 26.2 Å². The van der Waals surface area contributed by atoms with Gasteiger partial charge >= 0.3 is 17.1 Å². The second-order valence-corrected chi connectivity index (χ2v) is 2.91. The maximum atomic E-state index is 3.22. The van der Waals surface area contributed by atoms with Crippen LogP contribution in [0.5, 0.6) is 0 Å². The van der Waals surface area contributed by atoms with Gasteiger partial charge in [0.15, 0.2) is 0 Å². The molecule has 0 aliphatic carbocycles. The first-order valence-corrected chi connectivity index (χ1v) is 4.41. The van der Waals surface area contributed by atoms with E-state index < -0.39 is 0 Å². The summed E-state index contributed by atoms with van der Waals surface area (Å²) in [6, 6.07) is 0. The maximum Gasteiger partial charge on any atom is 2.00 e. The van der Waals surface area contributed by atoms with Crippen molar-refractivity contribution in [2.24, 2.45) is 0 Å². The minimum absolute atomic E-state index is 0. The molecule has 0 bridgehead atoms. The van der Waals surface area contributed by atoms with Gasteiger partial charge in [0.25, 0.3) is 0 Å². The van der Waals surface area contributed by atoms with Crippen molar-refractivity contribution in [3.8, 4) is 0 Å². The van der Waals surface area contributed by atoms with E-state index >= 15 is 0 Å². The Labute approximate surface area is 113 Å². The van der Waals surface area contributed by atoms with E-state index in [1.807, 2.05) is 0 Å². The minimum atomic E-state index is 0. The van der Waals surface area contributed by atoms with E-state index in [1.54, 1.807) is 0 Å². The smallest absolute Gasteiger partial charge is 1.00 e. The van der Waals surface area contributed by atoms with Gasteiger partial charge in [0.05, 0.1) is 0 Å². The molecule has 2 saturated heterocycles. The first-order chi connectivity index (χ1) is 5.00. The Balaban J connectivity index is -0.000000125. The van der Waals surface area contributed by atoms with E-state index in [-0.39, 0.29) is 51.0 Å². The molecule has 2 heterocycles. The SMILES string of the molecule is C1CCNC1.C1CCNC1.[Br-].[Br-].[Mn+2]. The molecular formula is C8H18Br2MnN2. The molecule has 2 nitrogen and oxygen atoms in total. The summed E-state index contributed by atoms with van der Waals surface area (Å²) in [6.07, 6.45) is 5.56. The van der Waals surface area contributed by atoms with Crippen LogP contribution < -0.4 is 44.6 Å². The fourth-order valence-electron chi connectivity index (χ4n) is 1.25. The third kappa shape index (κ3) is 13.4. The molecule has 2 rings (SSSR count). The molecular weight excluding hydrogens is 339 g/mol. The van der Waals surface area contributed by atoms with E-state index in [0.717, 1.165) is 0 Å². The van der Waals surface area contributed by atoms with Gasteiger partial charge in [-0.05, 0) is 51.9 Å². The summed E-state index contributed by atoms with van der Waals surface area (Å²) < 4.78 is 0. The van der Waals surface area contributed by atoms with E-state index in [2.05, 4.69) is 10.6 Å². The molecule has 0 atom stereocenters. The number of rotatable bonds is 0. The van der Waals surface area contributed by atoms with Gasteiger partial charge < -0.3 is 44.6 Å². The molecule has 2 aliphatic rings. The summed E-state index contributed by atoms with van der Waals surface area (Å²) >= 11 is 0. The Morgan fingerprint density at radius 2 is 0.769 bits per heavy atom. The number of hydrogen-bond donors (Lipinski definition) is 2. The molecule has 81 valence electrons. The van der Waals surface area contributed by atoms with Gasteiger partial charge in [-0.2, -0.15) is 0 Å². The van der Waals surface area contributed by atoms with Crippen molar-refractivity contribution < 1.29 is 51.0 Å². The summed E-state index contributed by atoms with van der Waals surface area (Å²) in [4.78, 5) is 0. The van der Waals surface area contributed by atoms with Crippen LogP contribution >= 0.6 is 0 Å². The standard InChI is InChI=1S/2C4H9N.2BrH.Mn/c2*1-2-4-5-3-1;;;/h2*5H,1-4H2;2*1H;/q;;;;+2/p-2. The topological polar surface area (TPSA) is 24.1 Å². The minimum Gasteiger partial charge on any atom is -1.00 e. The van der Waals surface area contributed by atoms with Crippen molar-refractivity contribution in [1.29, 1.82) is 0 Å². The molecule has 13 heavy (non-hydrogen) atoms. The molecule has 2 N–H and O–H groups in total. The van der Waals surface area contributed by atoms with E-state index in [4.69, 9.17) is 0 Å². The molecule has 5 heteroatoms. The quantitative estimate of drug-likeness (QED) is 0.424. The Hall–Kier alpha value is 1.40. The Bertz CT molecular complexity index is 53.3. The van der Waals surface area contributed by atoms with Crippen LogP contribution in [-0.4, -0.2) is 26.2 Å². The number of halogens is 2. The van der Waals surface area contributed by atoms with Crippen LogP contribution in [-0.2, 0) is 17.1 Å². The summed E-state index contributed by atoms with van der Waals surface area (Å²) in [5, 5.41) is 6.44. The fraction of sp³-hybridized carbons (Fsp3) is 1.00. The molecule has 0 spiro atoms. The van der Waals surface area contributed by atoms with Crippen LogP contribution in [0.4, 0.5) is 0 Å². The number of nitrogens with one attached hydrogen (secondary N) is 2. The van der Waals surface area contributed by atoms with Crippen molar-refractivity contribution in [3.63, 3.8) is 0 Å². The molecule has 2 fully saturated rings. The van der Waals surface area contributed by atoms with Gasteiger partial charge in [-0.3, -0.25) is 0 Å². The molecule has 0 aromatic heterocycles. The first kappa shape index (κ1) is 19.9. The number of hydrogen-bond acceptors (Lipinski definition) is 2. The largest absolute Gasteiger partial charge is 2.00 e. The Kier molecular flexibility index (Phi) is 24.3. The first-order valence-electron chi connectivity index (χ1n) is 4.41. The molecule has 0 unspecified atom stereocenters. The van der Waals surface area contributed by atoms with E-state index in [1.165, 1.54) is 51.9 Å². The third-order valence-electron chi connectivity index (χ3n) is 1.91. The zero-order valence-electron chi connectivity index (χ0n) is 7.79.